The molecule has 3 amide bonds. The zero-order valence-electron chi connectivity index (χ0n) is 10.9. The van der Waals surface area contributed by atoms with Crippen molar-refractivity contribution < 1.29 is 14.4 Å². The van der Waals surface area contributed by atoms with Gasteiger partial charge in [0.15, 0.2) is 0 Å². The molecule has 0 saturated carbocycles. The number of hydrogen-bond acceptors (Lipinski definition) is 5. The molecular formula is C13H16N4O3. The number of nitrogens with zero attached hydrogens (tertiary/aromatic N) is 1. The van der Waals surface area contributed by atoms with Gasteiger partial charge in [-0.25, -0.2) is 0 Å². The van der Waals surface area contributed by atoms with Crippen molar-refractivity contribution in [2.45, 2.75) is 6.42 Å². The third kappa shape index (κ3) is 4.06. The highest BCUT2D eigenvalue weighted by Gasteiger charge is 2.22. The summed E-state index contributed by atoms with van der Waals surface area (Å²) in [6, 6.07) is 6.88. The van der Waals surface area contributed by atoms with Crippen LogP contribution in [0.3, 0.4) is 0 Å². The molecule has 7 nitrogen and oxygen atoms in total. The van der Waals surface area contributed by atoms with Gasteiger partial charge in [0, 0.05) is 24.3 Å². The Labute approximate surface area is 116 Å². The Hall–Kier alpha value is -2.41. The zero-order valence-corrected chi connectivity index (χ0v) is 10.9. The first-order valence-electron chi connectivity index (χ1n) is 6.23. The van der Waals surface area contributed by atoms with E-state index >= 15 is 0 Å². The molecular weight excluding hydrogens is 260 g/mol. The van der Waals surface area contributed by atoms with Crippen molar-refractivity contribution in [3.8, 4) is 0 Å². The Morgan fingerprint density at radius 3 is 2.65 bits per heavy atom. The monoisotopic (exact) mass is 276 g/mol. The number of nitrogens with one attached hydrogen (secondary N) is 2. The van der Waals surface area contributed by atoms with Gasteiger partial charge in [0.05, 0.1) is 13.1 Å². The van der Waals surface area contributed by atoms with Crippen LogP contribution in [-0.4, -0.2) is 42.3 Å². The average Bonchev–Trinajstić information content (AvgIpc) is 2.35. The fraction of sp³-hybridized carbons (Fsp3) is 0.308. The number of imide groups is 1. The molecule has 1 aromatic carbocycles. The van der Waals surface area contributed by atoms with Gasteiger partial charge in [-0.1, -0.05) is 6.07 Å². The molecule has 4 N–H and O–H groups in total. The van der Waals surface area contributed by atoms with Crippen molar-refractivity contribution in [1.29, 1.82) is 0 Å². The van der Waals surface area contributed by atoms with E-state index in [9.17, 15) is 14.4 Å². The summed E-state index contributed by atoms with van der Waals surface area (Å²) >= 11 is 0. The molecule has 106 valence electrons. The number of rotatable bonds is 4. The molecule has 0 radical (unpaired) electrons. The standard InChI is InChI=1S/C13H16N4O3/c14-9-2-1-3-10(6-9)15-11(18)4-5-17-7-12(19)16-13(20)8-17/h1-3,6H,4-5,7-8,14H2,(H,15,18)(H,16,19,20). The van der Waals surface area contributed by atoms with Crippen LogP contribution < -0.4 is 16.4 Å². The first kappa shape index (κ1) is 14.0. The van der Waals surface area contributed by atoms with E-state index in [-0.39, 0.29) is 37.2 Å². The lowest BCUT2D eigenvalue weighted by Crippen LogP contribution is -2.51. The molecule has 20 heavy (non-hydrogen) atoms. The second-order valence-electron chi connectivity index (χ2n) is 4.61. The van der Waals surface area contributed by atoms with Crippen LogP contribution >= 0.6 is 0 Å². The summed E-state index contributed by atoms with van der Waals surface area (Å²) in [5.74, 6) is -0.857. The summed E-state index contributed by atoms with van der Waals surface area (Å²) in [6.07, 6.45) is 0.204. The lowest BCUT2D eigenvalue weighted by atomic mass is 10.2. The Morgan fingerprint density at radius 1 is 1.30 bits per heavy atom. The smallest absolute Gasteiger partial charge is 0.240 e. The van der Waals surface area contributed by atoms with Crippen molar-refractivity contribution in [3.63, 3.8) is 0 Å². The Balaban J connectivity index is 1.80. The normalized spacial score (nSPS) is 15.8. The van der Waals surface area contributed by atoms with Crippen molar-refractivity contribution in [2.75, 3.05) is 30.7 Å². The molecule has 2 rings (SSSR count). The maximum atomic E-state index is 11.8. The lowest BCUT2D eigenvalue weighted by molar-refractivity contribution is -0.136. The SMILES string of the molecule is Nc1cccc(NC(=O)CCN2CC(=O)NC(=O)C2)c1. The van der Waals surface area contributed by atoms with Crippen LogP contribution in [0, 0.1) is 0 Å². The molecule has 0 aliphatic carbocycles. The molecule has 0 spiro atoms. The van der Waals surface area contributed by atoms with Crippen LogP contribution in [0.15, 0.2) is 24.3 Å². The Bertz CT molecular complexity index is 528. The van der Waals surface area contributed by atoms with Gasteiger partial charge in [0.2, 0.25) is 17.7 Å². The minimum absolute atomic E-state index is 0.136. The third-order valence-corrected chi connectivity index (χ3v) is 2.84. The van der Waals surface area contributed by atoms with E-state index in [4.69, 9.17) is 5.73 Å². The number of hydrogen-bond donors (Lipinski definition) is 3. The maximum absolute atomic E-state index is 11.8. The molecule has 1 saturated heterocycles. The predicted molar refractivity (Wildman–Crippen MR) is 73.7 cm³/mol. The first-order chi connectivity index (χ1) is 9.52. The number of nitrogens with two attached hydrogens (primary N) is 1. The first-order valence-corrected chi connectivity index (χ1v) is 6.23. The maximum Gasteiger partial charge on any atom is 0.240 e. The number of carbonyl (C=O) groups excluding carboxylic acids is 3. The molecule has 1 heterocycles. The summed E-state index contributed by atoms with van der Waals surface area (Å²) in [7, 11) is 0. The van der Waals surface area contributed by atoms with Gasteiger partial charge in [-0.05, 0) is 18.2 Å². The number of anilines is 2. The summed E-state index contributed by atoms with van der Waals surface area (Å²) in [4.78, 5) is 35.7. The summed E-state index contributed by atoms with van der Waals surface area (Å²) < 4.78 is 0. The molecule has 7 heteroatoms. The molecule has 0 atom stereocenters. The largest absolute Gasteiger partial charge is 0.399 e. The predicted octanol–water partition coefficient (Wildman–Crippen LogP) is -0.444. The van der Waals surface area contributed by atoms with Crippen molar-refractivity contribution in [1.82, 2.24) is 10.2 Å². The summed E-state index contributed by atoms with van der Waals surface area (Å²) in [5, 5.41) is 4.92. The highest BCUT2D eigenvalue weighted by atomic mass is 16.2. The molecule has 1 aliphatic rings. The van der Waals surface area contributed by atoms with Gasteiger partial charge in [0.25, 0.3) is 0 Å². The van der Waals surface area contributed by atoms with Gasteiger partial charge in [0.1, 0.15) is 0 Å². The van der Waals surface area contributed by atoms with E-state index in [0.717, 1.165) is 0 Å². The molecule has 1 aliphatic heterocycles. The number of benzene rings is 1. The van der Waals surface area contributed by atoms with E-state index < -0.39 is 0 Å². The minimum atomic E-state index is -0.336. The number of carbonyl (C=O) groups is 3. The van der Waals surface area contributed by atoms with Crippen molar-refractivity contribution in [2.24, 2.45) is 0 Å². The molecule has 0 unspecified atom stereocenters. The van der Waals surface area contributed by atoms with E-state index in [1.165, 1.54) is 0 Å². The van der Waals surface area contributed by atoms with Crippen LogP contribution in [0.25, 0.3) is 0 Å². The molecule has 0 bridgehead atoms. The second kappa shape index (κ2) is 6.16. The van der Waals surface area contributed by atoms with E-state index in [1.54, 1.807) is 29.2 Å². The topological polar surface area (TPSA) is 105 Å². The van der Waals surface area contributed by atoms with Crippen molar-refractivity contribution >= 4 is 29.1 Å². The molecule has 1 aromatic rings. The van der Waals surface area contributed by atoms with Crippen LogP contribution in [0.4, 0.5) is 11.4 Å². The quantitative estimate of drug-likeness (QED) is 0.510. The zero-order chi connectivity index (χ0) is 14.5. The number of nitrogen functional groups attached to an aromatic ring is 1. The van der Waals surface area contributed by atoms with Crippen LogP contribution in [0.1, 0.15) is 6.42 Å². The second-order valence-corrected chi connectivity index (χ2v) is 4.61. The average molecular weight is 276 g/mol. The van der Waals surface area contributed by atoms with Crippen LogP contribution in [0.5, 0.6) is 0 Å². The van der Waals surface area contributed by atoms with Gasteiger partial charge in [-0.2, -0.15) is 0 Å². The summed E-state index contributed by atoms with van der Waals surface area (Å²) in [5.41, 5.74) is 6.81. The van der Waals surface area contributed by atoms with Crippen LogP contribution in [-0.2, 0) is 14.4 Å². The molecule has 1 fully saturated rings. The summed E-state index contributed by atoms with van der Waals surface area (Å²) in [6.45, 7) is 0.627. The minimum Gasteiger partial charge on any atom is -0.399 e. The highest BCUT2D eigenvalue weighted by Crippen LogP contribution is 2.12. The van der Waals surface area contributed by atoms with Gasteiger partial charge >= 0.3 is 0 Å². The van der Waals surface area contributed by atoms with Gasteiger partial charge in [-0.15, -0.1) is 0 Å². The van der Waals surface area contributed by atoms with E-state index in [2.05, 4.69) is 10.6 Å². The highest BCUT2D eigenvalue weighted by molar-refractivity contribution is 5.99. The van der Waals surface area contributed by atoms with E-state index in [1.807, 2.05) is 0 Å². The fourth-order valence-electron chi connectivity index (χ4n) is 1.95. The lowest BCUT2D eigenvalue weighted by Gasteiger charge is -2.24. The molecule has 0 aromatic heterocycles. The third-order valence-electron chi connectivity index (χ3n) is 2.84. The van der Waals surface area contributed by atoms with Gasteiger partial charge < -0.3 is 11.1 Å². The number of piperazine rings is 1. The van der Waals surface area contributed by atoms with Crippen molar-refractivity contribution in [3.05, 3.63) is 24.3 Å². The van der Waals surface area contributed by atoms with E-state index in [0.29, 0.717) is 17.9 Å². The Kier molecular flexibility index (Phi) is 4.31. The Morgan fingerprint density at radius 2 is 2.00 bits per heavy atom. The number of amides is 3. The fourth-order valence-corrected chi connectivity index (χ4v) is 1.95. The van der Waals surface area contributed by atoms with Gasteiger partial charge in [-0.3, -0.25) is 24.6 Å². The van der Waals surface area contributed by atoms with Crippen LogP contribution in [0.2, 0.25) is 0 Å².